The minimum atomic E-state index is -0.771. The van der Waals surface area contributed by atoms with Crippen LogP contribution in [0.2, 0.25) is 0 Å². The van der Waals surface area contributed by atoms with Crippen molar-refractivity contribution in [1.82, 2.24) is 0 Å². The van der Waals surface area contributed by atoms with Crippen LogP contribution in [0, 0.1) is 0 Å². The summed E-state index contributed by atoms with van der Waals surface area (Å²) in [6, 6.07) is 0. The van der Waals surface area contributed by atoms with Crippen LogP contribution in [0.25, 0.3) is 0 Å². The normalized spacial score (nSPS) is 12.1. The molecule has 0 N–H and O–H groups in total. The zero-order valence-electron chi connectivity index (χ0n) is 50.8. The van der Waals surface area contributed by atoms with Crippen molar-refractivity contribution in [2.45, 2.75) is 386 Å². The minimum absolute atomic E-state index is 0.0672. The molecule has 0 aliphatic heterocycles. The summed E-state index contributed by atoms with van der Waals surface area (Å²) < 4.78 is 17.0. The van der Waals surface area contributed by atoms with Gasteiger partial charge in [0.05, 0.1) is 0 Å². The average Bonchev–Trinajstić information content (AvgIpc) is 3.41. The highest BCUT2D eigenvalue weighted by atomic mass is 16.6. The van der Waals surface area contributed by atoms with Crippen LogP contribution in [0.15, 0.2) is 24.3 Å². The molecular formula is C69H130O6. The van der Waals surface area contributed by atoms with Crippen LogP contribution in [-0.4, -0.2) is 37.2 Å². The van der Waals surface area contributed by atoms with Gasteiger partial charge >= 0.3 is 17.9 Å². The van der Waals surface area contributed by atoms with Crippen molar-refractivity contribution in [2.75, 3.05) is 13.2 Å². The van der Waals surface area contributed by atoms with E-state index in [2.05, 4.69) is 45.1 Å². The van der Waals surface area contributed by atoms with Crippen molar-refractivity contribution in [3.63, 3.8) is 0 Å². The van der Waals surface area contributed by atoms with Gasteiger partial charge in [-0.1, -0.05) is 334 Å². The molecule has 0 aromatic rings. The Balaban J connectivity index is 4.30. The molecular weight excluding hydrogens is 925 g/mol. The SMILES string of the molecule is CCCCC/C=C\C/C=C\CCCCCCCCCC(=O)OCC(COC(=O)CCCCCCCCCCCCCCCCCCCCCC)OC(=O)CCCCCCCCCCCCCCCCCCCCCC. The molecule has 0 bridgehead atoms. The van der Waals surface area contributed by atoms with Crippen LogP contribution in [0.5, 0.6) is 0 Å². The van der Waals surface area contributed by atoms with Crippen molar-refractivity contribution < 1.29 is 28.6 Å². The Morgan fingerprint density at radius 1 is 0.267 bits per heavy atom. The molecule has 6 heteroatoms. The topological polar surface area (TPSA) is 78.9 Å². The van der Waals surface area contributed by atoms with E-state index >= 15 is 0 Å². The second-order valence-corrected chi connectivity index (χ2v) is 23.1. The molecule has 6 nitrogen and oxygen atoms in total. The number of allylic oxidation sites excluding steroid dienone is 4. The van der Waals surface area contributed by atoms with Gasteiger partial charge in [0.25, 0.3) is 0 Å². The zero-order chi connectivity index (χ0) is 54.3. The fourth-order valence-corrected chi connectivity index (χ4v) is 10.4. The van der Waals surface area contributed by atoms with Gasteiger partial charge in [-0.3, -0.25) is 14.4 Å². The number of rotatable bonds is 63. The summed E-state index contributed by atoms with van der Waals surface area (Å²) in [5, 5.41) is 0. The number of hydrogen-bond acceptors (Lipinski definition) is 6. The Morgan fingerprint density at radius 3 is 0.760 bits per heavy atom. The van der Waals surface area contributed by atoms with Gasteiger partial charge in [-0.25, -0.2) is 0 Å². The molecule has 0 aliphatic carbocycles. The lowest BCUT2D eigenvalue weighted by Gasteiger charge is -2.18. The van der Waals surface area contributed by atoms with Crippen LogP contribution in [-0.2, 0) is 28.6 Å². The van der Waals surface area contributed by atoms with Crippen LogP contribution in [0.3, 0.4) is 0 Å². The van der Waals surface area contributed by atoms with Crippen molar-refractivity contribution in [3.8, 4) is 0 Å². The van der Waals surface area contributed by atoms with E-state index in [0.717, 1.165) is 70.6 Å². The van der Waals surface area contributed by atoms with Gasteiger partial charge in [-0.2, -0.15) is 0 Å². The maximum atomic E-state index is 12.9. The maximum absolute atomic E-state index is 12.9. The molecule has 0 spiro atoms. The molecule has 0 saturated carbocycles. The lowest BCUT2D eigenvalue weighted by molar-refractivity contribution is -0.167. The summed E-state index contributed by atoms with van der Waals surface area (Å²) in [4.78, 5) is 38.4. The molecule has 75 heavy (non-hydrogen) atoms. The minimum Gasteiger partial charge on any atom is -0.462 e. The number of hydrogen-bond donors (Lipinski definition) is 0. The quantitative estimate of drug-likeness (QED) is 0.0261. The third-order valence-electron chi connectivity index (χ3n) is 15.5. The van der Waals surface area contributed by atoms with E-state index in [-0.39, 0.29) is 31.1 Å². The summed E-state index contributed by atoms with van der Waals surface area (Å²) in [5.74, 6) is -0.843. The zero-order valence-corrected chi connectivity index (χ0v) is 50.8. The van der Waals surface area contributed by atoms with E-state index in [1.54, 1.807) is 0 Å². The van der Waals surface area contributed by atoms with E-state index in [9.17, 15) is 14.4 Å². The highest BCUT2D eigenvalue weighted by molar-refractivity contribution is 5.71. The molecule has 0 radical (unpaired) electrons. The lowest BCUT2D eigenvalue weighted by Crippen LogP contribution is -2.30. The lowest BCUT2D eigenvalue weighted by atomic mass is 10.0. The van der Waals surface area contributed by atoms with Crippen LogP contribution in [0.1, 0.15) is 380 Å². The monoisotopic (exact) mass is 1050 g/mol. The van der Waals surface area contributed by atoms with E-state index < -0.39 is 6.10 Å². The molecule has 0 aliphatic rings. The predicted octanol–water partition coefficient (Wildman–Crippen LogP) is 23.0. The largest absolute Gasteiger partial charge is 0.462 e. The molecule has 442 valence electrons. The van der Waals surface area contributed by atoms with Crippen LogP contribution >= 0.6 is 0 Å². The van der Waals surface area contributed by atoms with E-state index in [0.29, 0.717) is 19.3 Å². The summed E-state index contributed by atoms with van der Waals surface area (Å²) >= 11 is 0. The highest BCUT2D eigenvalue weighted by Gasteiger charge is 2.19. The summed E-state index contributed by atoms with van der Waals surface area (Å²) in [6.45, 7) is 6.69. The Morgan fingerprint density at radius 2 is 0.480 bits per heavy atom. The van der Waals surface area contributed by atoms with Gasteiger partial charge in [0.2, 0.25) is 0 Å². The number of carbonyl (C=O) groups is 3. The van der Waals surface area contributed by atoms with E-state index in [4.69, 9.17) is 14.2 Å². The molecule has 0 amide bonds. The Kier molecular flexibility index (Phi) is 62.6. The van der Waals surface area contributed by atoms with E-state index in [1.165, 1.54) is 270 Å². The Bertz CT molecular complexity index is 1210. The van der Waals surface area contributed by atoms with Gasteiger partial charge in [-0.15, -0.1) is 0 Å². The Labute approximate surface area is 468 Å². The first-order valence-electron chi connectivity index (χ1n) is 33.8. The third kappa shape index (κ3) is 62.6. The average molecular weight is 1060 g/mol. The molecule has 0 rings (SSSR count). The first kappa shape index (κ1) is 72.9. The van der Waals surface area contributed by atoms with Crippen molar-refractivity contribution >= 4 is 17.9 Å². The van der Waals surface area contributed by atoms with E-state index in [1.807, 2.05) is 0 Å². The summed E-state index contributed by atoms with van der Waals surface area (Å²) in [6.07, 6.45) is 77.6. The highest BCUT2D eigenvalue weighted by Crippen LogP contribution is 2.18. The van der Waals surface area contributed by atoms with Gasteiger partial charge < -0.3 is 14.2 Å². The fraction of sp³-hybridized carbons (Fsp3) is 0.899. The standard InChI is InChI=1S/C69H130O6/c1-4-7-10-13-16-19-22-25-28-31-33-35-38-41-44-47-50-53-56-59-62-68(71)74-65-66(64-73-67(70)61-58-55-52-49-46-43-40-37-30-27-24-21-18-15-12-9-6-3)75-69(72)63-60-57-54-51-48-45-42-39-36-34-32-29-26-23-20-17-14-11-8-5-2/h18,21,27,30,66H,4-17,19-20,22-26,28-29,31-65H2,1-3H3/b21-18-,30-27-. The number of unbranched alkanes of at least 4 members (excludes halogenated alkanes) is 48. The molecule has 0 saturated heterocycles. The number of ether oxygens (including phenoxy) is 3. The predicted molar refractivity (Wildman–Crippen MR) is 326 cm³/mol. The molecule has 1 unspecified atom stereocenters. The Hall–Kier alpha value is -2.11. The number of carbonyl (C=O) groups excluding carboxylic acids is 3. The van der Waals surface area contributed by atoms with Gasteiger partial charge in [0.1, 0.15) is 13.2 Å². The van der Waals surface area contributed by atoms with Crippen molar-refractivity contribution in [2.24, 2.45) is 0 Å². The van der Waals surface area contributed by atoms with Gasteiger partial charge in [-0.05, 0) is 51.4 Å². The third-order valence-corrected chi connectivity index (χ3v) is 15.5. The molecule has 0 aromatic heterocycles. The molecule has 0 heterocycles. The maximum Gasteiger partial charge on any atom is 0.306 e. The number of esters is 3. The second kappa shape index (κ2) is 64.4. The smallest absolute Gasteiger partial charge is 0.306 e. The molecule has 0 fully saturated rings. The van der Waals surface area contributed by atoms with Gasteiger partial charge in [0, 0.05) is 19.3 Å². The summed E-state index contributed by atoms with van der Waals surface area (Å²) in [7, 11) is 0. The van der Waals surface area contributed by atoms with Crippen LogP contribution in [0.4, 0.5) is 0 Å². The van der Waals surface area contributed by atoms with Gasteiger partial charge in [0.15, 0.2) is 6.10 Å². The van der Waals surface area contributed by atoms with Crippen LogP contribution < -0.4 is 0 Å². The van der Waals surface area contributed by atoms with Crippen molar-refractivity contribution in [1.29, 1.82) is 0 Å². The second-order valence-electron chi connectivity index (χ2n) is 23.1. The molecule has 1 atom stereocenters. The first-order valence-corrected chi connectivity index (χ1v) is 33.8. The fourth-order valence-electron chi connectivity index (χ4n) is 10.4. The molecule has 0 aromatic carbocycles. The summed E-state index contributed by atoms with van der Waals surface area (Å²) in [5.41, 5.74) is 0. The van der Waals surface area contributed by atoms with Crippen molar-refractivity contribution in [3.05, 3.63) is 24.3 Å². The first-order chi connectivity index (χ1) is 37.0.